The molecule has 0 aliphatic carbocycles. The Morgan fingerprint density at radius 3 is 2.73 bits per heavy atom. The molecule has 5 rings (SSSR count). The molecule has 2 N–H and O–H groups in total. The topological polar surface area (TPSA) is 69.7 Å². The van der Waals surface area contributed by atoms with E-state index in [4.69, 9.17) is 0 Å². The highest BCUT2D eigenvalue weighted by Crippen LogP contribution is 2.28. The van der Waals surface area contributed by atoms with Crippen molar-refractivity contribution in [3.8, 4) is 22.5 Å². The van der Waals surface area contributed by atoms with E-state index in [0.717, 1.165) is 47.5 Å². The molecule has 0 bridgehead atoms. The quantitative estimate of drug-likeness (QED) is 0.531. The molecular weight excluding hydrogens is 379 g/mol. The van der Waals surface area contributed by atoms with E-state index in [1.165, 1.54) is 0 Å². The third-order valence-corrected chi connectivity index (χ3v) is 5.37. The van der Waals surface area contributed by atoms with Crippen molar-refractivity contribution in [2.45, 2.75) is 13.0 Å². The van der Waals surface area contributed by atoms with Crippen molar-refractivity contribution >= 4 is 11.5 Å². The highest BCUT2D eigenvalue weighted by molar-refractivity contribution is 5.67. The minimum Gasteiger partial charge on any atom is -0.340 e. The highest BCUT2D eigenvalue weighted by atomic mass is 19.1. The summed E-state index contributed by atoms with van der Waals surface area (Å²) in [7, 11) is 2.05. The van der Waals surface area contributed by atoms with Gasteiger partial charge in [0.15, 0.2) is 5.82 Å². The van der Waals surface area contributed by atoms with Gasteiger partial charge in [0.1, 0.15) is 11.6 Å². The first-order valence-electron chi connectivity index (χ1n) is 9.85. The number of nitrogens with one attached hydrogen (secondary N) is 2. The Morgan fingerprint density at radius 1 is 1.07 bits per heavy atom. The molecule has 30 heavy (non-hydrogen) atoms. The monoisotopic (exact) mass is 400 g/mol. The number of hydrogen-bond acceptors (Lipinski definition) is 5. The summed E-state index contributed by atoms with van der Waals surface area (Å²) in [5.41, 5.74) is 5.53. The van der Waals surface area contributed by atoms with Gasteiger partial charge in [-0.25, -0.2) is 14.4 Å². The fourth-order valence-corrected chi connectivity index (χ4v) is 3.79. The predicted molar refractivity (Wildman–Crippen MR) is 115 cm³/mol. The van der Waals surface area contributed by atoms with Gasteiger partial charge in [0.25, 0.3) is 0 Å². The summed E-state index contributed by atoms with van der Waals surface area (Å²) in [6, 6.07) is 13.4. The number of benzene rings is 2. The predicted octanol–water partition coefficient (Wildman–Crippen LogP) is 4.40. The first-order chi connectivity index (χ1) is 14.7. The van der Waals surface area contributed by atoms with Gasteiger partial charge in [0, 0.05) is 42.3 Å². The van der Waals surface area contributed by atoms with Gasteiger partial charge in [-0.3, -0.25) is 5.10 Å². The Hall–Kier alpha value is -3.58. The van der Waals surface area contributed by atoms with Crippen LogP contribution < -0.4 is 5.32 Å². The van der Waals surface area contributed by atoms with E-state index in [2.05, 4.69) is 30.4 Å². The maximum Gasteiger partial charge on any atom is 0.161 e. The minimum absolute atomic E-state index is 0.174. The lowest BCUT2D eigenvalue weighted by Gasteiger charge is -2.25. The zero-order chi connectivity index (χ0) is 20.5. The van der Waals surface area contributed by atoms with Gasteiger partial charge in [-0.15, -0.1) is 0 Å². The maximum absolute atomic E-state index is 14.6. The molecule has 7 heteroatoms. The van der Waals surface area contributed by atoms with Gasteiger partial charge in [-0.1, -0.05) is 12.1 Å². The van der Waals surface area contributed by atoms with Crippen LogP contribution in [0, 0.1) is 5.82 Å². The summed E-state index contributed by atoms with van der Waals surface area (Å²) < 4.78 is 14.6. The van der Waals surface area contributed by atoms with Crippen molar-refractivity contribution in [1.29, 1.82) is 0 Å². The molecule has 2 aromatic carbocycles. The van der Waals surface area contributed by atoms with Crippen molar-refractivity contribution in [2.75, 3.05) is 18.9 Å². The third kappa shape index (κ3) is 3.67. The van der Waals surface area contributed by atoms with E-state index in [9.17, 15) is 4.39 Å². The number of fused-ring (bicyclic) bond motifs is 1. The zero-order valence-electron chi connectivity index (χ0n) is 16.6. The molecule has 0 saturated carbocycles. The average Bonchev–Trinajstić information content (AvgIpc) is 3.29. The molecule has 0 unspecified atom stereocenters. The van der Waals surface area contributed by atoms with E-state index in [1.807, 2.05) is 43.6 Å². The van der Waals surface area contributed by atoms with Crippen LogP contribution in [0.4, 0.5) is 15.9 Å². The van der Waals surface area contributed by atoms with Gasteiger partial charge >= 0.3 is 0 Å². The Kier molecular flexibility index (Phi) is 4.72. The van der Waals surface area contributed by atoms with Crippen molar-refractivity contribution in [3.05, 3.63) is 78.0 Å². The molecule has 1 aliphatic heterocycles. The number of rotatable bonds is 4. The molecule has 0 saturated heterocycles. The lowest BCUT2D eigenvalue weighted by molar-refractivity contribution is 0.309. The van der Waals surface area contributed by atoms with Crippen LogP contribution in [0.1, 0.15) is 11.1 Å². The molecule has 6 nitrogen and oxygen atoms in total. The molecule has 0 atom stereocenters. The number of hydrogen-bond donors (Lipinski definition) is 2. The third-order valence-electron chi connectivity index (χ3n) is 5.37. The smallest absolute Gasteiger partial charge is 0.161 e. The second kappa shape index (κ2) is 7.68. The fraction of sp³-hybridized carbons (Fsp3) is 0.174. The fourth-order valence-electron chi connectivity index (χ4n) is 3.79. The molecule has 0 amide bonds. The second-order valence-electron chi connectivity index (χ2n) is 7.54. The number of nitrogens with zero attached hydrogens (tertiary/aromatic N) is 4. The standard InChI is InChI=1S/C23H21FN6/c1-30-9-7-20-17(14-30)10-16(11-21(20)24)23-25-8-6-22(29-23)28-19-4-2-15(3-5-19)18-12-26-27-13-18/h2-6,8,10-13H,7,9,14H2,1H3,(H,26,27)(H,25,28,29). The van der Waals surface area contributed by atoms with Gasteiger partial charge in [-0.2, -0.15) is 5.10 Å². The van der Waals surface area contributed by atoms with Crippen LogP contribution in [0.3, 0.4) is 0 Å². The number of anilines is 2. The molecule has 1 aliphatic rings. The van der Waals surface area contributed by atoms with Crippen molar-refractivity contribution in [3.63, 3.8) is 0 Å². The highest BCUT2D eigenvalue weighted by Gasteiger charge is 2.19. The number of likely N-dealkylation sites (N-methyl/N-ethyl adjacent to an activating group) is 1. The van der Waals surface area contributed by atoms with Crippen LogP contribution in [0.15, 0.2) is 61.1 Å². The summed E-state index contributed by atoms with van der Waals surface area (Å²) in [6.07, 6.45) is 6.06. The van der Waals surface area contributed by atoms with E-state index in [-0.39, 0.29) is 5.82 Å². The molecule has 0 spiro atoms. The van der Waals surface area contributed by atoms with Crippen LogP contribution in [-0.4, -0.2) is 38.7 Å². The number of aromatic nitrogens is 4. The van der Waals surface area contributed by atoms with Crippen LogP contribution in [0.5, 0.6) is 0 Å². The van der Waals surface area contributed by atoms with E-state index in [1.54, 1.807) is 24.5 Å². The second-order valence-corrected chi connectivity index (χ2v) is 7.54. The summed E-state index contributed by atoms with van der Waals surface area (Å²) in [4.78, 5) is 11.2. The SMILES string of the molecule is CN1CCc2c(F)cc(-c3nccc(Nc4ccc(-c5cn[nH]c5)cc4)n3)cc2C1. The Morgan fingerprint density at radius 2 is 1.93 bits per heavy atom. The molecule has 3 heterocycles. The number of halogens is 1. The summed E-state index contributed by atoms with van der Waals surface area (Å²) in [5.74, 6) is 0.989. The number of H-pyrrole nitrogens is 1. The van der Waals surface area contributed by atoms with Gasteiger partial charge in [-0.05, 0) is 60.5 Å². The van der Waals surface area contributed by atoms with Gasteiger partial charge in [0.05, 0.1) is 6.20 Å². The van der Waals surface area contributed by atoms with Crippen molar-refractivity contribution in [2.24, 2.45) is 0 Å². The molecule has 0 radical (unpaired) electrons. The Bertz CT molecular complexity index is 1170. The molecule has 4 aromatic rings. The molecule has 2 aromatic heterocycles. The van der Waals surface area contributed by atoms with E-state index >= 15 is 0 Å². The Labute approximate surface area is 173 Å². The van der Waals surface area contributed by atoms with Crippen molar-refractivity contribution < 1.29 is 4.39 Å². The van der Waals surface area contributed by atoms with Gasteiger partial charge < -0.3 is 10.2 Å². The minimum atomic E-state index is -0.174. The number of aromatic amines is 1. The summed E-state index contributed by atoms with van der Waals surface area (Å²) >= 11 is 0. The van der Waals surface area contributed by atoms with Crippen LogP contribution >= 0.6 is 0 Å². The molecule has 150 valence electrons. The average molecular weight is 400 g/mol. The molecule has 0 fully saturated rings. The van der Waals surface area contributed by atoms with Crippen molar-refractivity contribution in [1.82, 2.24) is 25.1 Å². The normalized spacial score (nSPS) is 13.8. The lowest BCUT2D eigenvalue weighted by Crippen LogP contribution is -2.27. The van der Waals surface area contributed by atoms with Crippen LogP contribution in [0.2, 0.25) is 0 Å². The molecular formula is C23H21FN6. The van der Waals surface area contributed by atoms with E-state index in [0.29, 0.717) is 17.2 Å². The first kappa shape index (κ1) is 18.4. The lowest BCUT2D eigenvalue weighted by atomic mass is 9.96. The van der Waals surface area contributed by atoms with Crippen LogP contribution in [-0.2, 0) is 13.0 Å². The largest absolute Gasteiger partial charge is 0.340 e. The summed E-state index contributed by atoms with van der Waals surface area (Å²) in [6.45, 7) is 1.61. The van der Waals surface area contributed by atoms with E-state index < -0.39 is 0 Å². The summed E-state index contributed by atoms with van der Waals surface area (Å²) in [5, 5.41) is 10.1. The first-order valence-corrected chi connectivity index (χ1v) is 9.85. The zero-order valence-corrected chi connectivity index (χ0v) is 16.6. The maximum atomic E-state index is 14.6. The van der Waals surface area contributed by atoms with Gasteiger partial charge in [0.2, 0.25) is 0 Å². The van der Waals surface area contributed by atoms with Crippen LogP contribution in [0.25, 0.3) is 22.5 Å². The Balaban J connectivity index is 1.40.